The Hall–Kier alpha value is -1.84. The van der Waals surface area contributed by atoms with Gasteiger partial charge in [-0.1, -0.05) is 6.42 Å². The fourth-order valence-corrected chi connectivity index (χ4v) is 3.14. The molecule has 2 atom stereocenters. The van der Waals surface area contributed by atoms with Crippen molar-refractivity contribution in [2.45, 2.75) is 31.2 Å². The molecule has 4 nitrogen and oxygen atoms in total. The minimum absolute atomic E-state index is 0.538. The Labute approximate surface area is 99.7 Å². The van der Waals surface area contributed by atoms with Gasteiger partial charge in [-0.25, -0.2) is 9.97 Å². The van der Waals surface area contributed by atoms with Gasteiger partial charge < -0.3 is 5.32 Å². The van der Waals surface area contributed by atoms with Gasteiger partial charge in [0.1, 0.15) is 6.33 Å². The normalized spacial score (nSPS) is 25.4. The lowest BCUT2D eigenvalue weighted by Crippen LogP contribution is -2.21. The first-order valence-electron chi connectivity index (χ1n) is 6.17. The van der Waals surface area contributed by atoms with Crippen LogP contribution in [0.4, 0.5) is 5.69 Å². The second-order valence-corrected chi connectivity index (χ2v) is 4.85. The molecule has 0 aromatic carbocycles. The zero-order chi connectivity index (χ0) is 11.2. The van der Waals surface area contributed by atoms with Crippen LogP contribution in [-0.2, 0) is 0 Å². The van der Waals surface area contributed by atoms with Gasteiger partial charge in [0.15, 0.2) is 5.82 Å². The van der Waals surface area contributed by atoms with Crippen molar-refractivity contribution in [3.05, 3.63) is 36.5 Å². The molecule has 4 heteroatoms. The van der Waals surface area contributed by atoms with Crippen LogP contribution in [0.1, 0.15) is 30.9 Å². The Bertz CT molecular complexity index is 560. The number of rotatable bonds is 0. The largest absolute Gasteiger partial charge is 0.379 e. The van der Waals surface area contributed by atoms with Crippen molar-refractivity contribution < 1.29 is 0 Å². The van der Waals surface area contributed by atoms with Crippen LogP contribution in [0.15, 0.2) is 30.9 Å². The predicted octanol–water partition coefficient (Wildman–Crippen LogP) is 2.33. The van der Waals surface area contributed by atoms with Gasteiger partial charge in [-0.3, -0.25) is 4.57 Å². The molecule has 2 unspecified atom stereocenters. The van der Waals surface area contributed by atoms with E-state index in [1.807, 2.05) is 24.8 Å². The summed E-state index contributed by atoms with van der Waals surface area (Å²) in [4.78, 5) is 8.78. The van der Waals surface area contributed by atoms with Crippen molar-refractivity contribution in [2.24, 2.45) is 0 Å². The van der Waals surface area contributed by atoms with E-state index in [0.717, 1.165) is 11.5 Å². The molecule has 2 aliphatic rings. The van der Waals surface area contributed by atoms with E-state index >= 15 is 0 Å². The fraction of sp³-hybridized carbons (Fsp3) is 0.385. The molecule has 2 aromatic heterocycles. The lowest BCUT2D eigenvalue weighted by Gasteiger charge is -2.17. The van der Waals surface area contributed by atoms with Crippen molar-refractivity contribution >= 4 is 5.69 Å². The van der Waals surface area contributed by atoms with Gasteiger partial charge in [-0.05, 0) is 25.0 Å². The van der Waals surface area contributed by atoms with Crippen LogP contribution >= 0.6 is 0 Å². The van der Waals surface area contributed by atoms with Crippen molar-refractivity contribution in [1.82, 2.24) is 14.5 Å². The number of fused-ring (bicyclic) bond motifs is 5. The van der Waals surface area contributed by atoms with Crippen molar-refractivity contribution in [3.8, 4) is 5.82 Å². The smallest absolute Gasteiger partial charge is 0.161 e. The van der Waals surface area contributed by atoms with Crippen LogP contribution in [0.2, 0.25) is 0 Å². The maximum atomic E-state index is 4.48. The first kappa shape index (κ1) is 9.22. The average Bonchev–Trinajstić information content (AvgIpc) is 2.96. The number of hydrogen-bond acceptors (Lipinski definition) is 3. The Balaban J connectivity index is 1.97. The standard InChI is InChI=1S/C13H14N4/c1-3-9-10(4-1)16-11-5-2-6-15-13(11)17-8-14-7-12(9)17/h2,5-10,16H,1,3-4H2. The monoisotopic (exact) mass is 226 g/mol. The second-order valence-electron chi connectivity index (χ2n) is 4.85. The summed E-state index contributed by atoms with van der Waals surface area (Å²) >= 11 is 0. The summed E-state index contributed by atoms with van der Waals surface area (Å²) in [7, 11) is 0. The molecule has 1 saturated carbocycles. The summed E-state index contributed by atoms with van der Waals surface area (Å²) in [6.07, 6.45) is 9.49. The Kier molecular flexibility index (Phi) is 1.80. The first-order chi connectivity index (χ1) is 8.43. The van der Waals surface area contributed by atoms with E-state index in [-0.39, 0.29) is 0 Å². The molecular weight excluding hydrogens is 212 g/mol. The molecule has 4 rings (SSSR count). The first-order valence-corrected chi connectivity index (χ1v) is 6.17. The number of hydrogen-bond donors (Lipinski definition) is 1. The van der Waals surface area contributed by atoms with Crippen LogP contribution in [0.5, 0.6) is 0 Å². The van der Waals surface area contributed by atoms with Gasteiger partial charge in [0, 0.05) is 30.0 Å². The molecular formula is C13H14N4. The summed E-state index contributed by atoms with van der Waals surface area (Å²) in [6, 6.07) is 4.63. The van der Waals surface area contributed by atoms with Crippen LogP contribution in [0.25, 0.3) is 5.82 Å². The second kappa shape index (κ2) is 3.32. The summed E-state index contributed by atoms with van der Waals surface area (Å²) < 4.78 is 2.14. The molecule has 3 heterocycles. The van der Waals surface area contributed by atoms with E-state index in [2.05, 4.69) is 25.9 Å². The summed E-state index contributed by atoms with van der Waals surface area (Å²) in [5, 5.41) is 3.64. The van der Waals surface area contributed by atoms with Gasteiger partial charge in [0.05, 0.1) is 5.69 Å². The summed E-state index contributed by atoms with van der Waals surface area (Å²) in [5.74, 6) is 1.56. The minimum atomic E-state index is 0.538. The number of nitrogens with one attached hydrogen (secondary N) is 1. The summed E-state index contributed by atoms with van der Waals surface area (Å²) in [6.45, 7) is 0. The molecule has 1 fully saturated rings. The molecule has 0 spiro atoms. The molecule has 0 bridgehead atoms. The zero-order valence-corrected chi connectivity index (χ0v) is 9.50. The van der Waals surface area contributed by atoms with Gasteiger partial charge >= 0.3 is 0 Å². The molecule has 2 aromatic rings. The molecule has 1 aliphatic heterocycles. The van der Waals surface area contributed by atoms with Crippen molar-refractivity contribution in [3.63, 3.8) is 0 Å². The third-order valence-electron chi connectivity index (χ3n) is 3.92. The fourth-order valence-electron chi connectivity index (χ4n) is 3.14. The molecule has 1 aliphatic carbocycles. The summed E-state index contributed by atoms with van der Waals surface area (Å²) in [5.41, 5.74) is 2.43. The molecule has 86 valence electrons. The third-order valence-corrected chi connectivity index (χ3v) is 3.92. The van der Waals surface area contributed by atoms with E-state index in [1.165, 1.54) is 25.0 Å². The van der Waals surface area contributed by atoms with E-state index in [1.54, 1.807) is 0 Å². The number of imidazole rings is 1. The average molecular weight is 226 g/mol. The Morgan fingerprint density at radius 3 is 3.35 bits per heavy atom. The molecule has 0 saturated heterocycles. The van der Waals surface area contributed by atoms with Gasteiger partial charge in [-0.15, -0.1) is 0 Å². The van der Waals surface area contributed by atoms with Crippen LogP contribution < -0.4 is 5.32 Å². The topological polar surface area (TPSA) is 42.7 Å². The maximum absolute atomic E-state index is 4.48. The number of nitrogens with zero attached hydrogens (tertiary/aromatic N) is 3. The molecule has 1 N–H and O–H groups in total. The Morgan fingerprint density at radius 1 is 1.35 bits per heavy atom. The molecule has 17 heavy (non-hydrogen) atoms. The maximum Gasteiger partial charge on any atom is 0.161 e. The minimum Gasteiger partial charge on any atom is -0.379 e. The molecule has 0 amide bonds. The van der Waals surface area contributed by atoms with Crippen LogP contribution in [0.3, 0.4) is 0 Å². The van der Waals surface area contributed by atoms with Crippen LogP contribution in [0, 0.1) is 0 Å². The lowest BCUT2D eigenvalue weighted by atomic mass is 10.0. The van der Waals surface area contributed by atoms with Gasteiger partial charge in [0.25, 0.3) is 0 Å². The van der Waals surface area contributed by atoms with Crippen molar-refractivity contribution in [1.29, 1.82) is 0 Å². The third kappa shape index (κ3) is 1.24. The quantitative estimate of drug-likeness (QED) is 0.749. The highest BCUT2D eigenvalue weighted by Gasteiger charge is 2.34. The van der Waals surface area contributed by atoms with E-state index < -0.39 is 0 Å². The highest BCUT2D eigenvalue weighted by Crippen LogP contribution is 2.40. The number of anilines is 1. The van der Waals surface area contributed by atoms with E-state index in [9.17, 15) is 0 Å². The molecule has 0 radical (unpaired) electrons. The number of aromatic nitrogens is 3. The van der Waals surface area contributed by atoms with E-state index in [0.29, 0.717) is 12.0 Å². The Morgan fingerprint density at radius 2 is 2.35 bits per heavy atom. The van der Waals surface area contributed by atoms with Gasteiger partial charge in [0.2, 0.25) is 0 Å². The number of pyridine rings is 1. The predicted molar refractivity (Wildman–Crippen MR) is 65.4 cm³/mol. The highest BCUT2D eigenvalue weighted by molar-refractivity contribution is 5.60. The zero-order valence-electron chi connectivity index (χ0n) is 9.50. The van der Waals surface area contributed by atoms with E-state index in [4.69, 9.17) is 0 Å². The highest BCUT2D eigenvalue weighted by atomic mass is 15.2. The SMILES string of the molecule is c1cnc2c(c1)NC1CCCC1c1cncn1-2. The lowest BCUT2D eigenvalue weighted by molar-refractivity contribution is 0.631. The van der Waals surface area contributed by atoms with Crippen LogP contribution in [-0.4, -0.2) is 20.6 Å². The van der Waals surface area contributed by atoms with Crippen molar-refractivity contribution in [2.75, 3.05) is 5.32 Å². The van der Waals surface area contributed by atoms with Gasteiger partial charge in [-0.2, -0.15) is 0 Å².